The second-order valence-electron chi connectivity index (χ2n) is 5.85. The van der Waals surface area contributed by atoms with Crippen LogP contribution < -0.4 is 5.32 Å². The Morgan fingerprint density at radius 3 is 3.12 bits per heavy atom. The molecule has 3 heteroatoms. The maximum absolute atomic E-state index is 4.19. The van der Waals surface area contributed by atoms with E-state index in [0.717, 1.165) is 6.54 Å². The average molecular weight is 233 g/mol. The molecular weight excluding hydrogens is 210 g/mol. The van der Waals surface area contributed by atoms with Crippen LogP contribution in [0.4, 0.5) is 0 Å². The molecule has 0 aliphatic heterocycles. The van der Waals surface area contributed by atoms with Crippen LogP contribution >= 0.6 is 0 Å². The molecule has 1 aliphatic rings. The molecule has 1 unspecified atom stereocenters. The van der Waals surface area contributed by atoms with E-state index in [1.54, 1.807) is 10.9 Å². The van der Waals surface area contributed by atoms with Crippen molar-refractivity contribution < 1.29 is 0 Å². The van der Waals surface area contributed by atoms with Crippen molar-refractivity contribution >= 4 is 6.20 Å². The fourth-order valence-electron chi connectivity index (χ4n) is 2.70. The number of nitrogens with zero attached hydrogens (tertiary/aromatic N) is 2. The Balaban J connectivity index is 1.83. The molecule has 94 valence electrons. The van der Waals surface area contributed by atoms with Gasteiger partial charge in [0.2, 0.25) is 0 Å². The van der Waals surface area contributed by atoms with Crippen LogP contribution in [0.2, 0.25) is 0 Å². The maximum Gasteiger partial charge on any atom is 0.0538 e. The Morgan fingerprint density at radius 1 is 1.65 bits per heavy atom. The number of hydrogen-bond acceptors (Lipinski definition) is 2. The van der Waals surface area contributed by atoms with E-state index in [2.05, 4.69) is 30.8 Å². The zero-order chi connectivity index (χ0) is 12.3. The van der Waals surface area contributed by atoms with Gasteiger partial charge < -0.3 is 5.32 Å². The van der Waals surface area contributed by atoms with E-state index in [0.29, 0.717) is 11.5 Å². The number of aromatic nitrogens is 2. The fourth-order valence-corrected chi connectivity index (χ4v) is 2.70. The SMILES string of the molecule is C=Cn1cc(CNC2CCCC(C)(C)C2)cn1. The van der Waals surface area contributed by atoms with Crippen molar-refractivity contribution in [1.29, 1.82) is 0 Å². The van der Waals surface area contributed by atoms with Crippen molar-refractivity contribution in [3.63, 3.8) is 0 Å². The quantitative estimate of drug-likeness (QED) is 0.866. The Morgan fingerprint density at radius 2 is 2.47 bits per heavy atom. The Labute approximate surface area is 104 Å². The van der Waals surface area contributed by atoms with Crippen LogP contribution in [0.5, 0.6) is 0 Å². The highest BCUT2D eigenvalue weighted by Crippen LogP contribution is 2.35. The minimum Gasteiger partial charge on any atom is -0.310 e. The lowest BCUT2D eigenvalue weighted by Gasteiger charge is -2.35. The minimum atomic E-state index is 0.501. The van der Waals surface area contributed by atoms with Crippen molar-refractivity contribution in [1.82, 2.24) is 15.1 Å². The van der Waals surface area contributed by atoms with Gasteiger partial charge >= 0.3 is 0 Å². The summed E-state index contributed by atoms with van der Waals surface area (Å²) in [6.07, 6.45) is 10.9. The van der Waals surface area contributed by atoms with E-state index in [1.165, 1.54) is 31.2 Å². The summed E-state index contributed by atoms with van der Waals surface area (Å²) in [6.45, 7) is 9.35. The van der Waals surface area contributed by atoms with E-state index >= 15 is 0 Å². The van der Waals surface area contributed by atoms with Gasteiger partial charge in [0, 0.05) is 30.5 Å². The molecule has 0 amide bonds. The number of rotatable bonds is 4. The predicted octanol–water partition coefficient (Wildman–Crippen LogP) is 3.04. The molecule has 0 aromatic carbocycles. The molecule has 0 bridgehead atoms. The highest BCUT2D eigenvalue weighted by Gasteiger charge is 2.27. The van der Waals surface area contributed by atoms with Gasteiger partial charge in [0.25, 0.3) is 0 Å². The summed E-state index contributed by atoms with van der Waals surface area (Å²) in [5.74, 6) is 0. The zero-order valence-corrected chi connectivity index (χ0v) is 10.9. The molecule has 0 saturated heterocycles. The first-order valence-corrected chi connectivity index (χ1v) is 6.48. The molecular formula is C14H23N3. The maximum atomic E-state index is 4.19. The molecule has 0 spiro atoms. The summed E-state index contributed by atoms with van der Waals surface area (Å²) in [4.78, 5) is 0. The minimum absolute atomic E-state index is 0.501. The number of hydrogen-bond donors (Lipinski definition) is 1. The Bertz CT molecular complexity index is 379. The lowest BCUT2D eigenvalue weighted by atomic mass is 9.75. The van der Waals surface area contributed by atoms with Gasteiger partial charge in [-0.3, -0.25) is 0 Å². The van der Waals surface area contributed by atoms with E-state index in [4.69, 9.17) is 0 Å². The summed E-state index contributed by atoms with van der Waals surface area (Å²) in [6, 6.07) is 0.658. The van der Waals surface area contributed by atoms with Gasteiger partial charge in [0.15, 0.2) is 0 Å². The third-order valence-corrected chi connectivity index (χ3v) is 3.64. The van der Waals surface area contributed by atoms with Crippen molar-refractivity contribution in [3.8, 4) is 0 Å². The van der Waals surface area contributed by atoms with Crippen LogP contribution in [0.15, 0.2) is 19.0 Å². The second-order valence-corrected chi connectivity index (χ2v) is 5.85. The first-order chi connectivity index (χ1) is 8.09. The lowest BCUT2D eigenvalue weighted by Crippen LogP contribution is -2.36. The summed E-state index contributed by atoms with van der Waals surface area (Å²) >= 11 is 0. The molecule has 1 aromatic heterocycles. The molecule has 1 saturated carbocycles. The molecule has 2 rings (SSSR count). The van der Waals surface area contributed by atoms with Crippen LogP contribution in [0.3, 0.4) is 0 Å². The first kappa shape index (κ1) is 12.4. The zero-order valence-electron chi connectivity index (χ0n) is 10.9. The normalized spacial score (nSPS) is 23.5. The topological polar surface area (TPSA) is 29.9 Å². The van der Waals surface area contributed by atoms with E-state index in [-0.39, 0.29) is 0 Å². The van der Waals surface area contributed by atoms with Crippen molar-refractivity contribution in [2.45, 2.75) is 52.1 Å². The van der Waals surface area contributed by atoms with Gasteiger partial charge in [-0.15, -0.1) is 0 Å². The van der Waals surface area contributed by atoms with E-state index in [9.17, 15) is 0 Å². The largest absolute Gasteiger partial charge is 0.310 e. The van der Waals surface area contributed by atoms with Gasteiger partial charge in [-0.05, 0) is 24.7 Å². The van der Waals surface area contributed by atoms with Gasteiger partial charge in [-0.2, -0.15) is 5.10 Å². The van der Waals surface area contributed by atoms with Crippen LogP contribution in [0.1, 0.15) is 45.1 Å². The van der Waals surface area contributed by atoms with Crippen molar-refractivity contribution in [2.75, 3.05) is 0 Å². The molecule has 1 atom stereocenters. The molecule has 0 radical (unpaired) electrons. The highest BCUT2D eigenvalue weighted by atomic mass is 15.2. The van der Waals surface area contributed by atoms with E-state index in [1.807, 2.05) is 12.4 Å². The first-order valence-electron chi connectivity index (χ1n) is 6.48. The fraction of sp³-hybridized carbons (Fsp3) is 0.643. The second kappa shape index (κ2) is 5.05. The molecule has 1 heterocycles. The smallest absolute Gasteiger partial charge is 0.0538 e. The predicted molar refractivity (Wildman–Crippen MR) is 71.5 cm³/mol. The summed E-state index contributed by atoms with van der Waals surface area (Å²) in [5.41, 5.74) is 1.73. The van der Waals surface area contributed by atoms with E-state index < -0.39 is 0 Å². The molecule has 1 aliphatic carbocycles. The van der Waals surface area contributed by atoms with Gasteiger partial charge in [0.05, 0.1) is 6.20 Å². The summed E-state index contributed by atoms with van der Waals surface area (Å²) < 4.78 is 1.75. The molecule has 1 aromatic rings. The third kappa shape index (κ3) is 3.43. The van der Waals surface area contributed by atoms with Crippen LogP contribution in [-0.2, 0) is 6.54 Å². The van der Waals surface area contributed by atoms with Gasteiger partial charge in [-0.25, -0.2) is 4.68 Å². The Hall–Kier alpha value is -1.09. The van der Waals surface area contributed by atoms with Crippen LogP contribution in [0.25, 0.3) is 6.20 Å². The standard InChI is InChI=1S/C14H23N3/c1-4-17-11-12(10-16-17)9-15-13-6-5-7-14(2,3)8-13/h4,10-11,13,15H,1,5-9H2,2-3H3. The lowest BCUT2D eigenvalue weighted by molar-refractivity contribution is 0.198. The summed E-state index contributed by atoms with van der Waals surface area (Å²) in [7, 11) is 0. The molecule has 17 heavy (non-hydrogen) atoms. The average Bonchev–Trinajstić information content (AvgIpc) is 2.73. The van der Waals surface area contributed by atoms with Gasteiger partial charge in [0.1, 0.15) is 0 Å². The molecule has 3 nitrogen and oxygen atoms in total. The number of nitrogens with one attached hydrogen (secondary N) is 1. The van der Waals surface area contributed by atoms with Crippen molar-refractivity contribution in [3.05, 3.63) is 24.5 Å². The van der Waals surface area contributed by atoms with Crippen LogP contribution in [-0.4, -0.2) is 15.8 Å². The van der Waals surface area contributed by atoms with Crippen LogP contribution in [0, 0.1) is 5.41 Å². The molecule has 1 fully saturated rings. The Kier molecular flexibility index (Phi) is 3.67. The summed E-state index contributed by atoms with van der Waals surface area (Å²) in [5, 5.41) is 7.83. The third-order valence-electron chi connectivity index (χ3n) is 3.64. The highest BCUT2D eigenvalue weighted by molar-refractivity contribution is 5.17. The monoisotopic (exact) mass is 233 g/mol. The van der Waals surface area contributed by atoms with Crippen molar-refractivity contribution in [2.24, 2.45) is 5.41 Å². The molecule has 1 N–H and O–H groups in total. The van der Waals surface area contributed by atoms with Gasteiger partial charge in [-0.1, -0.05) is 26.8 Å².